The summed E-state index contributed by atoms with van der Waals surface area (Å²) in [7, 11) is 0. The maximum atomic E-state index is 4.36. The number of H-pyrrole nitrogens is 1. The van der Waals surface area contributed by atoms with Crippen LogP contribution in [0.3, 0.4) is 0 Å². The van der Waals surface area contributed by atoms with Gasteiger partial charge < -0.3 is 5.32 Å². The molecule has 2 aromatic heterocycles. The number of hydrogen-bond acceptors (Lipinski definition) is 5. The topological polar surface area (TPSA) is 79.4 Å². The van der Waals surface area contributed by atoms with Crippen LogP contribution in [0, 0.1) is 6.92 Å². The first kappa shape index (κ1) is 12.3. The van der Waals surface area contributed by atoms with Gasteiger partial charge in [-0.15, -0.1) is 10.2 Å². The third kappa shape index (κ3) is 2.80. The summed E-state index contributed by atoms with van der Waals surface area (Å²) >= 11 is 0. The molecule has 0 amide bonds. The average molecular weight is 266 g/mol. The smallest absolute Gasteiger partial charge is 0.204 e. The van der Waals surface area contributed by atoms with Crippen molar-refractivity contribution in [2.24, 2.45) is 0 Å². The zero-order valence-corrected chi connectivity index (χ0v) is 11.0. The minimum atomic E-state index is 0.585. The molecule has 0 fully saturated rings. The van der Waals surface area contributed by atoms with E-state index in [1.165, 1.54) is 0 Å². The Bertz CT molecular complexity index is 675. The lowest BCUT2D eigenvalue weighted by molar-refractivity contribution is 0.881. The molecule has 3 rings (SSSR count). The third-order valence-corrected chi connectivity index (χ3v) is 2.91. The van der Waals surface area contributed by atoms with E-state index in [9.17, 15) is 0 Å². The minimum Gasteiger partial charge on any atom is -0.379 e. The van der Waals surface area contributed by atoms with Gasteiger partial charge in [0.1, 0.15) is 0 Å². The molecule has 6 heteroatoms. The molecule has 100 valence electrons. The second-order valence-electron chi connectivity index (χ2n) is 4.50. The van der Waals surface area contributed by atoms with E-state index in [4.69, 9.17) is 0 Å². The predicted molar refractivity (Wildman–Crippen MR) is 75.9 cm³/mol. The fourth-order valence-electron chi connectivity index (χ4n) is 1.85. The summed E-state index contributed by atoms with van der Waals surface area (Å²) in [5, 5.41) is 17.3. The van der Waals surface area contributed by atoms with Crippen molar-refractivity contribution in [3.63, 3.8) is 0 Å². The van der Waals surface area contributed by atoms with Gasteiger partial charge in [0, 0.05) is 17.4 Å². The summed E-state index contributed by atoms with van der Waals surface area (Å²) in [5.74, 6) is 0.585. The van der Waals surface area contributed by atoms with Crippen molar-refractivity contribution in [2.45, 2.75) is 13.5 Å². The largest absolute Gasteiger partial charge is 0.379 e. The summed E-state index contributed by atoms with van der Waals surface area (Å²) < 4.78 is 0. The number of nitrogens with one attached hydrogen (secondary N) is 2. The molecule has 0 unspecified atom stereocenters. The van der Waals surface area contributed by atoms with Crippen LogP contribution < -0.4 is 5.32 Å². The molecule has 0 aliphatic carbocycles. The minimum absolute atomic E-state index is 0.585. The van der Waals surface area contributed by atoms with E-state index in [0.717, 1.165) is 22.5 Å². The zero-order valence-electron chi connectivity index (χ0n) is 11.0. The molecule has 6 nitrogen and oxygen atoms in total. The van der Waals surface area contributed by atoms with Gasteiger partial charge in [0.15, 0.2) is 0 Å². The Morgan fingerprint density at radius 2 is 2.15 bits per heavy atom. The number of hydrogen-bond donors (Lipinski definition) is 2. The second kappa shape index (κ2) is 5.48. The van der Waals surface area contributed by atoms with E-state index in [0.29, 0.717) is 12.4 Å². The van der Waals surface area contributed by atoms with Crippen LogP contribution in [-0.4, -0.2) is 25.6 Å². The van der Waals surface area contributed by atoms with Crippen molar-refractivity contribution in [1.82, 2.24) is 25.6 Å². The maximum Gasteiger partial charge on any atom is 0.204 e. The van der Waals surface area contributed by atoms with Crippen molar-refractivity contribution in [1.29, 1.82) is 0 Å². The molecular weight excluding hydrogens is 252 g/mol. The van der Waals surface area contributed by atoms with Crippen molar-refractivity contribution in [3.8, 4) is 11.4 Å². The number of benzene rings is 1. The van der Waals surface area contributed by atoms with Crippen molar-refractivity contribution in [2.75, 3.05) is 5.32 Å². The molecule has 0 atom stereocenters. The number of rotatable bonds is 4. The number of aryl methyl sites for hydroxylation is 1. The summed E-state index contributed by atoms with van der Waals surface area (Å²) in [6, 6.07) is 12.0. The van der Waals surface area contributed by atoms with E-state index >= 15 is 0 Å². The number of pyridine rings is 1. The van der Waals surface area contributed by atoms with E-state index in [2.05, 4.69) is 37.0 Å². The van der Waals surface area contributed by atoms with Gasteiger partial charge in [-0.05, 0) is 35.9 Å². The number of nitrogens with zero attached hydrogens (tertiary/aromatic N) is 4. The maximum absolute atomic E-state index is 4.36. The highest BCUT2D eigenvalue weighted by molar-refractivity contribution is 5.61. The number of aromatic nitrogens is 5. The Labute approximate surface area is 116 Å². The molecule has 3 aromatic rings. The van der Waals surface area contributed by atoms with Gasteiger partial charge in [-0.2, -0.15) is 5.21 Å². The molecule has 1 aromatic carbocycles. The first-order valence-electron chi connectivity index (χ1n) is 6.30. The predicted octanol–water partition coefficient (Wildman–Crippen LogP) is 2.18. The Balaban J connectivity index is 1.72. The van der Waals surface area contributed by atoms with Crippen molar-refractivity contribution in [3.05, 3.63) is 53.9 Å². The Morgan fingerprint density at radius 3 is 2.90 bits per heavy atom. The summed E-state index contributed by atoms with van der Waals surface area (Å²) in [6.07, 6.45) is 1.87. The number of tetrazole rings is 1. The van der Waals surface area contributed by atoms with Crippen molar-refractivity contribution >= 4 is 5.69 Å². The number of aromatic amines is 1. The molecule has 0 spiro atoms. The fourth-order valence-corrected chi connectivity index (χ4v) is 1.85. The molecule has 0 bridgehead atoms. The third-order valence-electron chi connectivity index (χ3n) is 2.91. The van der Waals surface area contributed by atoms with E-state index in [1.54, 1.807) is 0 Å². The Hall–Kier alpha value is -2.76. The van der Waals surface area contributed by atoms with Crippen LogP contribution in [0.4, 0.5) is 5.69 Å². The van der Waals surface area contributed by atoms with Gasteiger partial charge in [0.05, 0.1) is 12.2 Å². The molecule has 2 N–H and O–H groups in total. The quantitative estimate of drug-likeness (QED) is 0.756. The van der Waals surface area contributed by atoms with Crippen LogP contribution >= 0.6 is 0 Å². The van der Waals surface area contributed by atoms with Gasteiger partial charge in [0.2, 0.25) is 5.82 Å². The highest BCUT2D eigenvalue weighted by Gasteiger charge is 2.03. The summed E-state index contributed by atoms with van der Waals surface area (Å²) in [4.78, 5) is 4.36. The highest BCUT2D eigenvalue weighted by Crippen LogP contribution is 2.18. The SMILES string of the molecule is Cc1ccc(CNc2cccc(-c3nn[nH]n3)c2)nc1. The van der Waals surface area contributed by atoms with Crippen LogP contribution in [0.5, 0.6) is 0 Å². The average Bonchev–Trinajstić information content (AvgIpc) is 3.01. The summed E-state index contributed by atoms with van der Waals surface area (Å²) in [6.45, 7) is 2.70. The lowest BCUT2D eigenvalue weighted by Crippen LogP contribution is -2.01. The van der Waals surface area contributed by atoms with Crippen LogP contribution in [0.1, 0.15) is 11.3 Å². The molecule has 20 heavy (non-hydrogen) atoms. The fraction of sp³-hybridized carbons (Fsp3) is 0.143. The molecule has 0 aliphatic rings. The molecule has 0 aliphatic heterocycles. The monoisotopic (exact) mass is 266 g/mol. The van der Waals surface area contributed by atoms with E-state index < -0.39 is 0 Å². The van der Waals surface area contributed by atoms with Gasteiger partial charge in [-0.1, -0.05) is 18.2 Å². The second-order valence-corrected chi connectivity index (χ2v) is 4.50. The van der Waals surface area contributed by atoms with Crippen LogP contribution in [0.25, 0.3) is 11.4 Å². The van der Waals surface area contributed by atoms with Crippen molar-refractivity contribution < 1.29 is 0 Å². The van der Waals surface area contributed by atoms with Gasteiger partial charge in [-0.3, -0.25) is 4.98 Å². The van der Waals surface area contributed by atoms with Crippen LogP contribution in [-0.2, 0) is 6.54 Å². The molecule has 0 radical (unpaired) electrons. The van der Waals surface area contributed by atoms with Gasteiger partial charge >= 0.3 is 0 Å². The van der Waals surface area contributed by atoms with Crippen LogP contribution in [0.15, 0.2) is 42.6 Å². The van der Waals surface area contributed by atoms with Crippen LogP contribution in [0.2, 0.25) is 0 Å². The normalized spacial score (nSPS) is 10.4. The summed E-state index contributed by atoms with van der Waals surface area (Å²) in [5.41, 5.74) is 4.07. The molecule has 0 saturated heterocycles. The number of anilines is 1. The van der Waals surface area contributed by atoms with Gasteiger partial charge in [0.25, 0.3) is 0 Å². The lowest BCUT2D eigenvalue weighted by Gasteiger charge is -2.07. The van der Waals surface area contributed by atoms with Gasteiger partial charge in [-0.25, -0.2) is 0 Å². The highest BCUT2D eigenvalue weighted by atomic mass is 15.5. The molecule has 2 heterocycles. The van der Waals surface area contributed by atoms with E-state index in [-0.39, 0.29) is 0 Å². The Kier molecular flexibility index (Phi) is 3.36. The molecule has 0 saturated carbocycles. The molecular formula is C14H14N6. The lowest BCUT2D eigenvalue weighted by atomic mass is 10.2. The first-order chi connectivity index (χ1) is 9.81. The standard InChI is InChI=1S/C14H14N6/c1-10-5-6-13(15-8-10)9-16-12-4-2-3-11(7-12)14-17-19-20-18-14/h2-8,16H,9H2,1H3,(H,17,18,19,20). The zero-order chi connectivity index (χ0) is 13.8. The first-order valence-corrected chi connectivity index (χ1v) is 6.30. The van der Waals surface area contributed by atoms with E-state index in [1.807, 2.05) is 43.5 Å². The Morgan fingerprint density at radius 1 is 1.20 bits per heavy atom.